The van der Waals surface area contributed by atoms with E-state index in [1.54, 1.807) is 54.6 Å². The molecule has 0 radical (unpaired) electrons. The predicted octanol–water partition coefficient (Wildman–Crippen LogP) is 7.78. The number of alkyl halides is 6. The van der Waals surface area contributed by atoms with Gasteiger partial charge in [-0.3, -0.25) is 38.9 Å². The number of amides is 6. The van der Waals surface area contributed by atoms with Crippen LogP contribution in [-0.4, -0.2) is 143 Å². The van der Waals surface area contributed by atoms with E-state index in [9.17, 15) is 65.2 Å². The Kier molecular flexibility index (Phi) is 20.2. The number of carbonyl (C=O) groups is 6. The summed E-state index contributed by atoms with van der Waals surface area (Å²) in [5.74, 6) is -3.12. The highest BCUT2D eigenvalue weighted by Gasteiger charge is 2.38. The molecule has 0 aliphatic carbocycles. The highest BCUT2D eigenvalue weighted by Crippen LogP contribution is 2.34. The predicted molar refractivity (Wildman–Crippen MR) is 289 cm³/mol. The average Bonchev–Trinajstić information content (AvgIpc) is 4.11. The zero-order chi connectivity index (χ0) is 59.1. The molecule has 18 nitrogen and oxygen atoms in total. The molecule has 0 spiro atoms. The number of nitrogens with zero attached hydrogens (tertiary/aromatic N) is 5. The number of nitrogen functional groups attached to an aromatic ring is 1. The second-order valence-electron chi connectivity index (χ2n) is 18.9. The number of aliphatic hydroxyl groups excluding tert-OH is 1. The summed E-state index contributed by atoms with van der Waals surface area (Å²) < 4.78 is 84.3. The number of hydrogen-bond acceptors (Lipinski definition) is 11. The Morgan fingerprint density at radius 2 is 0.951 bits per heavy atom. The van der Waals surface area contributed by atoms with Crippen LogP contribution in [0.2, 0.25) is 0 Å². The molecule has 6 aromatic carbocycles. The lowest BCUT2D eigenvalue weighted by atomic mass is 10.0. The summed E-state index contributed by atoms with van der Waals surface area (Å²) in [6.07, 6.45) is -7.92. The van der Waals surface area contributed by atoms with Crippen LogP contribution in [0.15, 0.2) is 146 Å². The molecule has 3 aliphatic rings. The van der Waals surface area contributed by atoms with Crippen molar-refractivity contribution in [3.05, 3.63) is 189 Å². The fourth-order valence-corrected chi connectivity index (χ4v) is 8.94. The second-order valence-corrected chi connectivity index (χ2v) is 18.9. The number of nitro groups is 1. The maximum absolute atomic E-state index is 13.3. The van der Waals surface area contributed by atoms with Gasteiger partial charge in [-0.25, -0.2) is 0 Å². The van der Waals surface area contributed by atoms with Crippen molar-refractivity contribution in [1.82, 2.24) is 30.2 Å². The number of aliphatic hydroxyl groups is 1. The molecule has 0 bridgehead atoms. The summed E-state index contributed by atoms with van der Waals surface area (Å²) in [6, 6.07) is 35.9. The molecule has 5 N–H and O–H groups in total. The molecule has 0 saturated carbocycles. The van der Waals surface area contributed by atoms with Gasteiger partial charge in [0.15, 0.2) is 6.29 Å². The summed E-state index contributed by atoms with van der Waals surface area (Å²) in [7, 11) is 0. The molecule has 6 aromatic rings. The van der Waals surface area contributed by atoms with Gasteiger partial charge in [0.25, 0.3) is 29.3 Å². The number of hydrogen-bond donors (Lipinski definition) is 4. The van der Waals surface area contributed by atoms with Crippen LogP contribution in [0.3, 0.4) is 0 Å². The molecule has 24 heteroatoms. The largest absolute Gasteiger partial charge is 0.417 e. The van der Waals surface area contributed by atoms with Crippen molar-refractivity contribution in [2.75, 3.05) is 77.8 Å². The van der Waals surface area contributed by atoms with Crippen LogP contribution >= 0.6 is 0 Å². The second kappa shape index (κ2) is 27.3. The van der Waals surface area contributed by atoms with Crippen molar-refractivity contribution in [3.63, 3.8) is 0 Å². The van der Waals surface area contributed by atoms with Gasteiger partial charge in [-0.1, -0.05) is 72.8 Å². The first-order chi connectivity index (χ1) is 39.1. The number of carbonyl (C=O) groups excluding carboxylic acids is 6. The molecule has 9 rings (SSSR count). The van der Waals surface area contributed by atoms with E-state index in [-0.39, 0.29) is 88.5 Å². The minimum absolute atomic E-state index is 0.0517. The maximum Gasteiger partial charge on any atom is 0.417 e. The number of nitro benzene ring substituents is 1. The smallest absolute Gasteiger partial charge is 0.399 e. The normalized spacial score (nSPS) is 15.2. The first-order valence-electron chi connectivity index (χ1n) is 25.7. The monoisotopic (exact) mass is 1140 g/mol. The Morgan fingerprint density at radius 3 is 1.32 bits per heavy atom. The number of piperazine rings is 2. The van der Waals surface area contributed by atoms with E-state index in [0.717, 1.165) is 54.8 Å². The number of benzene rings is 6. The minimum atomic E-state index is -4.66. The lowest BCUT2D eigenvalue weighted by Crippen LogP contribution is -2.52. The van der Waals surface area contributed by atoms with Crippen molar-refractivity contribution in [2.24, 2.45) is 0 Å². The Morgan fingerprint density at radius 1 is 0.549 bits per heavy atom. The number of non-ortho nitro benzene ring substituents is 1. The topological polar surface area (TPSA) is 238 Å². The fraction of sp³-hybridized carbons (Fsp3) is 0.276. The zero-order valence-corrected chi connectivity index (χ0v) is 43.8. The van der Waals surface area contributed by atoms with E-state index in [1.807, 2.05) is 18.2 Å². The van der Waals surface area contributed by atoms with Gasteiger partial charge in [-0.15, -0.1) is 0 Å². The van der Waals surface area contributed by atoms with Crippen LogP contribution < -0.4 is 16.4 Å². The maximum atomic E-state index is 13.3. The van der Waals surface area contributed by atoms with Gasteiger partial charge in [0.05, 0.1) is 40.3 Å². The van der Waals surface area contributed by atoms with Crippen molar-refractivity contribution >= 4 is 46.8 Å². The quantitative estimate of drug-likeness (QED) is 0.0423. The standard InChI is InChI=1S/C27H23F3N4O5.C27H25F3N4O3.C4H8O2/c28-27(29,30)23-7-2-1-6-22(23)26(37)33-14-12-32(13-15-33)24(35)17-31-25(36)19-10-8-18(9-11-19)20-4-3-5-21(16-20)34(38)39;28-27(29,30)23-7-2-1-6-22(23)26(37)34-14-12-33(13-15-34)24(35)17-32-25(36)19-10-8-18(9-11-19)20-4-3-5-21(31)16-20;5-4-2-1-3-6-4/h1-11,16H,12-15,17H2,(H,31,36);1-11,16H,12-15,17,31H2,(H,32,36);4-5H,1-3H2. The summed E-state index contributed by atoms with van der Waals surface area (Å²) in [4.78, 5) is 91.6. The third-order valence-corrected chi connectivity index (χ3v) is 13.4. The number of halogens is 6. The highest BCUT2D eigenvalue weighted by atomic mass is 19.4. The third kappa shape index (κ3) is 16.2. The number of rotatable bonds is 11. The molecule has 1 atom stereocenters. The van der Waals surface area contributed by atoms with Gasteiger partial charge in [-0.2, -0.15) is 26.3 Å². The van der Waals surface area contributed by atoms with Crippen molar-refractivity contribution in [1.29, 1.82) is 0 Å². The Hall–Kier alpha value is -9.16. The molecule has 0 aromatic heterocycles. The number of nitrogens with two attached hydrogens (primary N) is 1. The van der Waals surface area contributed by atoms with E-state index in [2.05, 4.69) is 10.6 Å². The Balaban J connectivity index is 0.000000214. The van der Waals surface area contributed by atoms with Crippen LogP contribution in [-0.2, 0) is 26.7 Å². The minimum Gasteiger partial charge on any atom is -0.399 e. The van der Waals surface area contributed by atoms with Crippen LogP contribution in [0.4, 0.5) is 37.7 Å². The van der Waals surface area contributed by atoms with Crippen molar-refractivity contribution in [3.8, 4) is 22.3 Å². The number of nitrogens with one attached hydrogen (secondary N) is 2. The lowest BCUT2D eigenvalue weighted by molar-refractivity contribution is -0.384. The van der Waals surface area contributed by atoms with Gasteiger partial charge in [0.1, 0.15) is 0 Å². The molecule has 3 fully saturated rings. The van der Waals surface area contributed by atoms with Crippen LogP contribution in [0.1, 0.15) is 65.4 Å². The molecule has 3 heterocycles. The van der Waals surface area contributed by atoms with E-state index >= 15 is 0 Å². The number of ether oxygens (including phenoxy) is 1. The van der Waals surface area contributed by atoms with Crippen molar-refractivity contribution < 1.29 is 69.9 Å². The highest BCUT2D eigenvalue weighted by molar-refractivity contribution is 5.99. The SMILES string of the molecule is Nc1cccc(-c2ccc(C(=O)NCC(=O)N3CCN(C(=O)c4ccccc4C(F)(F)F)CC3)cc2)c1.O=C(NCC(=O)N1CCN(C(=O)c2ccccc2C(F)(F)F)CC1)c1ccc(-c2cccc([N+](=O)[O-])c2)cc1.OC1CCCO1. The van der Waals surface area contributed by atoms with Crippen LogP contribution in [0.25, 0.3) is 22.3 Å². The molecule has 6 amide bonds. The average molecular weight is 1140 g/mol. The van der Waals surface area contributed by atoms with Gasteiger partial charge in [0, 0.05) is 94.3 Å². The fourth-order valence-electron chi connectivity index (χ4n) is 8.94. The van der Waals surface area contributed by atoms with E-state index < -0.39 is 69.4 Å². The molecule has 1 unspecified atom stereocenters. The molecule has 82 heavy (non-hydrogen) atoms. The molecule has 3 saturated heterocycles. The summed E-state index contributed by atoms with van der Waals surface area (Å²) in [6.45, 7) is 1.06. The number of anilines is 1. The van der Waals surface area contributed by atoms with Gasteiger partial charge in [0.2, 0.25) is 11.8 Å². The molecular weight excluding hydrogens is 1080 g/mol. The van der Waals surface area contributed by atoms with Gasteiger partial charge in [-0.05, 0) is 89.3 Å². The third-order valence-electron chi connectivity index (χ3n) is 13.4. The molecule has 3 aliphatic heterocycles. The van der Waals surface area contributed by atoms with Gasteiger partial charge >= 0.3 is 12.4 Å². The molecular formula is C58H56F6N8O10. The lowest BCUT2D eigenvalue weighted by Gasteiger charge is -2.35. The molecule has 430 valence electrons. The summed E-state index contributed by atoms with van der Waals surface area (Å²) >= 11 is 0. The first kappa shape index (κ1) is 60.5. The first-order valence-corrected chi connectivity index (χ1v) is 25.7. The van der Waals surface area contributed by atoms with Gasteiger partial charge < -0.3 is 45.8 Å². The van der Waals surface area contributed by atoms with Crippen molar-refractivity contribution in [2.45, 2.75) is 31.5 Å². The van der Waals surface area contributed by atoms with E-state index in [0.29, 0.717) is 22.4 Å². The zero-order valence-electron chi connectivity index (χ0n) is 43.8. The summed E-state index contributed by atoms with van der Waals surface area (Å²) in [5.41, 5.74) is 7.34. The van der Waals surface area contributed by atoms with E-state index in [1.165, 1.54) is 68.1 Å². The summed E-state index contributed by atoms with van der Waals surface area (Å²) in [5, 5.41) is 24.6. The Labute approximate surface area is 466 Å². The van der Waals surface area contributed by atoms with E-state index in [4.69, 9.17) is 15.6 Å². The van der Waals surface area contributed by atoms with Crippen LogP contribution in [0.5, 0.6) is 0 Å². The Bertz CT molecular complexity index is 3250. The van der Waals surface area contributed by atoms with Crippen LogP contribution in [0, 0.1) is 10.1 Å².